The zero-order chi connectivity index (χ0) is 25.3. The fourth-order valence-electron chi connectivity index (χ4n) is 4.75. The van der Waals surface area contributed by atoms with E-state index >= 15 is 0 Å². The van der Waals surface area contributed by atoms with Gasteiger partial charge in [0.1, 0.15) is 5.69 Å². The minimum absolute atomic E-state index is 0.221. The lowest BCUT2D eigenvalue weighted by Gasteiger charge is -2.22. The molecule has 1 aliphatic heterocycles. The third-order valence-electron chi connectivity index (χ3n) is 6.87. The van der Waals surface area contributed by atoms with Gasteiger partial charge < -0.3 is 10.0 Å². The Hall–Kier alpha value is -3.00. The highest BCUT2D eigenvalue weighted by Crippen LogP contribution is 2.34. The van der Waals surface area contributed by atoms with Crippen LogP contribution >= 0.6 is 11.3 Å². The van der Waals surface area contributed by atoms with E-state index in [1.54, 1.807) is 9.47 Å². The van der Waals surface area contributed by atoms with Gasteiger partial charge in [0, 0.05) is 24.4 Å². The lowest BCUT2D eigenvalue weighted by molar-refractivity contribution is 0.0780. The van der Waals surface area contributed by atoms with Gasteiger partial charge in [0.15, 0.2) is 11.4 Å². The minimum atomic E-state index is -0.718. The van der Waals surface area contributed by atoms with E-state index < -0.39 is 11.5 Å². The first-order valence-corrected chi connectivity index (χ1v) is 13.4. The fourth-order valence-corrected chi connectivity index (χ4v) is 5.56. The van der Waals surface area contributed by atoms with Crippen molar-refractivity contribution < 1.29 is 9.90 Å². The molecule has 7 nitrogen and oxygen atoms in total. The van der Waals surface area contributed by atoms with E-state index in [1.807, 2.05) is 37.4 Å². The van der Waals surface area contributed by atoms with Crippen LogP contribution in [0.5, 0.6) is 5.88 Å². The molecule has 35 heavy (non-hydrogen) atoms. The molecule has 2 aromatic heterocycles. The highest BCUT2D eigenvalue weighted by molar-refractivity contribution is 7.10. The Bertz CT molecular complexity index is 1270. The van der Waals surface area contributed by atoms with Crippen LogP contribution in [-0.4, -0.2) is 43.5 Å². The number of aromatic nitrogens is 3. The van der Waals surface area contributed by atoms with Crippen molar-refractivity contribution in [2.24, 2.45) is 5.92 Å². The number of carbonyl (C=O) groups excluding carboxylic acids is 1. The number of likely N-dealkylation sites (tertiary alicyclic amines) is 1. The molecule has 3 heterocycles. The molecule has 1 saturated heterocycles. The zero-order valence-electron chi connectivity index (χ0n) is 21.2. The number of hydrogen-bond acceptors (Lipinski definition) is 6. The van der Waals surface area contributed by atoms with Crippen LogP contribution in [0.3, 0.4) is 0 Å². The second kappa shape index (κ2) is 10.3. The van der Waals surface area contributed by atoms with Crippen molar-refractivity contribution in [1.82, 2.24) is 19.4 Å². The topological polar surface area (TPSA) is 88.3 Å². The SMILES string of the molecule is CCc1cccc(CC)c1-n1c(-c2csc(C(C)C)n2)nc(=O)c(C(=O)N2CC[C@@H](CC)C2)c1O. The van der Waals surface area contributed by atoms with Gasteiger partial charge in [-0.3, -0.25) is 14.2 Å². The van der Waals surface area contributed by atoms with Gasteiger partial charge >= 0.3 is 0 Å². The molecule has 1 fully saturated rings. The van der Waals surface area contributed by atoms with Crippen molar-refractivity contribution in [3.8, 4) is 23.1 Å². The summed E-state index contributed by atoms with van der Waals surface area (Å²) in [6, 6.07) is 6.00. The second-order valence-electron chi connectivity index (χ2n) is 9.45. The average molecular weight is 495 g/mol. The molecule has 0 unspecified atom stereocenters. The Morgan fingerprint density at radius 3 is 2.40 bits per heavy atom. The predicted molar refractivity (Wildman–Crippen MR) is 140 cm³/mol. The van der Waals surface area contributed by atoms with Crippen LogP contribution in [0.2, 0.25) is 0 Å². The van der Waals surface area contributed by atoms with E-state index in [2.05, 4.69) is 25.8 Å². The molecule has 1 amide bonds. The number of aryl methyl sites for hydroxylation is 2. The van der Waals surface area contributed by atoms with Crippen molar-refractivity contribution in [1.29, 1.82) is 0 Å². The Morgan fingerprint density at radius 2 is 1.86 bits per heavy atom. The van der Waals surface area contributed by atoms with Gasteiger partial charge in [-0.15, -0.1) is 11.3 Å². The number of rotatable bonds is 7. The third-order valence-corrected chi connectivity index (χ3v) is 8.01. The molecule has 1 N–H and O–H groups in total. The lowest BCUT2D eigenvalue weighted by Crippen LogP contribution is -2.34. The zero-order valence-corrected chi connectivity index (χ0v) is 22.0. The van der Waals surface area contributed by atoms with Crippen molar-refractivity contribution in [3.05, 3.63) is 55.6 Å². The highest BCUT2D eigenvalue weighted by atomic mass is 32.1. The molecule has 1 aromatic carbocycles. The van der Waals surface area contributed by atoms with Crippen molar-refractivity contribution >= 4 is 17.2 Å². The Kier molecular flexibility index (Phi) is 7.40. The molecule has 0 spiro atoms. The van der Waals surface area contributed by atoms with Gasteiger partial charge in [0.05, 0.1) is 10.7 Å². The molecule has 0 bridgehead atoms. The minimum Gasteiger partial charge on any atom is -0.493 e. The molecule has 4 rings (SSSR count). The molecule has 3 aromatic rings. The van der Waals surface area contributed by atoms with Gasteiger partial charge in [-0.25, -0.2) is 4.98 Å². The van der Waals surface area contributed by atoms with E-state index in [1.165, 1.54) is 11.3 Å². The van der Waals surface area contributed by atoms with E-state index in [-0.39, 0.29) is 23.2 Å². The summed E-state index contributed by atoms with van der Waals surface area (Å²) in [6.07, 6.45) is 3.31. The maximum atomic E-state index is 13.5. The monoisotopic (exact) mass is 494 g/mol. The molecule has 0 saturated carbocycles. The molecule has 1 aliphatic rings. The summed E-state index contributed by atoms with van der Waals surface area (Å²) in [7, 11) is 0. The summed E-state index contributed by atoms with van der Waals surface area (Å²) >= 11 is 1.50. The number of hydrogen-bond donors (Lipinski definition) is 1. The predicted octanol–water partition coefficient (Wildman–Crippen LogP) is 5.18. The molecule has 8 heteroatoms. The summed E-state index contributed by atoms with van der Waals surface area (Å²) in [5.74, 6) is 0.0754. The van der Waals surface area contributed by atoms with Gasteiger partial charge in [-0.05, 0) is 36.3 Å². The number of nitrogens with zero attached hydrogens (tertiary/aromatic N) is 4. The first-order valence-electron chi connectivity index (χ1n) is 12.5. The van der Waals surface area contributed by atoms with Crippen LogP contribution < -0.4 is 5.56 Å². The highest BCUT2D eigenvalue weighted by Gasteiger charge is 2.33. The Labute approximate surface area is 210 Å². The molecule has 0 radical (unpaired) electrons. The largest absolute Gasteiger partial charge is 0.493 e. The molecule has 0 aliphatic carbocycles. The maximum absolute atomic E-state index is 13.5. The molecule has 186 valence electrons. The van der Waals surface area contributed by atoms with Crippen LogP contribution in [0.4, 0.5) is 0 Å². The maximum Gasteiger partial charge on any atom is 0.290 e. The van der Waals surface area contributed by atoms with Crippen molar-refractivity contribution in [2.75, 3.05) is 13.1 Å². The number of para-hydroxylation sites is 1. The van der Waals surface area contributed by atoms with Crippen molar-refractivity contribution in [3.63, 3.8) is 0 Å². The second-order valence-corrected chi connectivity index (χ2v) is 10.3. The van der Waals surface area contributed by atoms with Gasteiger partial charge in [-0.2, -0.15) is 4.98 Å². The standard InChI is InChI=1S/C27H34N4O3S/c1-6-17-12-13-30(14-17)26(33)21-24(32)29-23(20-15-35-25(28-20)16(4)5)31(27(21)34)22-18(7-2)10-9-11-19(22)8-3/h9-11,15-17,34H,6-8,12-14H2,1-5H3/t17-/m1/s1. The quantitative estimate of drug-likeness (QED) is 0.489. The molecule has 1 atom stereocenters. The Morgan fingerprint density at radius 1 is 1.17 bits per heavy atom. The smallest absolute Gasteiger partial charge is 0.290 e. The number of amides is 1. The Balaban J connectivity index is 1.99. The number of carbonyl (C=O) groups is 1. The summed E-state index contributed by atoms with van der Waals surface area (Å²) in [6.45, 7) is 11.5. The summed E-state index contributed by atoms with van der Waals surface area (Å²) in [5, 5.41) is 14.4. The summed E-state index contributed by atoms with van der Waals surface area (Å²) in [5.41, 5.74) is 2.29. The van der Waals surface area contributed by atoms with E-state index in [4.69, 9.17) is 4.98 Å². The van der Waals surface area contributed by atoms with Crippen molar-refractivity contribution in [2.45, 2.75) is 66.2 Å². The van der Waals surface area contributed by atoms with Gasteiger partial charge in [0.2, 0.25) is 5.88 Å². The average Bonchev–Trinajstić information content (AvgIpc) is 3.53. The fraction of sp³-hybridized carbons (Fsp3) is 0.481. The lowest BCUT2D eigenvalue weighted by atomic mass is 10.0. The van der Waals surface area contributed by atoms with E-state index in [9.17, 15) is 14.7 Å². The number of benzene rings is 1. The molecular formula is C27H34N4O3S. The van der Waals surface area contributed by atoms with Gasteiger partial charge in [-0.1, -0.05) is 59.2 Å². The van der Waals surface area contributed by atoms with Crippen LogP contribution in [-0.2, 0) is 12.8 Å². The number of aromatic hydroxyl groups is 1. The van der Waals surface area contributed by atoms with E-state index in [0.717, 1.165) is 47.5 Å². The molecular weight excluding hydrogens is 460 g/mol. The summed E-state index contributed by atoms with van der Waals surface area (Å²) < 4.78 is 1.58. The first kappa shape index (κ1) is 25.1. The van der Waals surface area contributed by atoms with Crippen LogP contribution in [0.1, 0.15) is 79.9 Å². The summed E-state index contributed by atoms with van der Waals surface area (Å²) in [4.78, 5) is 37.5. The number of thiazole rings is 1. The first-order chi connectivity index (χ1) is 16.8. The van der Waals surface area contributed by atoms with Gasteiger partial charge in [0.25, 0.3) is 11.5 Å². The van der Waals surface area contributed by atoms with Crippen LogP contribution in [0.25, 0.3) is 17.2 Å². The third kappa shape index (κ3) is 4.63. The normalized spacial score (nSPS) is 15.8. The van der Waals surface area contributed by atoms with Crippen LogP contribution in [0.15, 0.2) is 28.4 Å². The van der Waals surface area contributed by atoms with Crippen LogP contribution in [0, 0.1) is 5.92 Å². The van der Waals surface area contributed by atoms with E-state index in [0.29, 0.717) is 24.7 Å².